The van der Waals surface area contributed by atoms with E-state index in [0.717, 1.165) is 5.76 Å². The lowest BCUT2D eigenvalue weighted by atomic mass is 10.2. The molecule has 0 bridgehead atoms. The van der Waals surface area contributed by atoms with Gasteiger partial charge in [-0.1, -0.05) is 6.92 Å². The summed E-state index contributed by atoms with van der Waals surface area (Å²) in [4.78, 5) is 11.4. The smallest absolute Gasteiger partial charge is 0.221 e. The van der Waals surface area contributed by atoms with E-state index in [1.807, 2.05) is 19.1 Å². The number of hydrogen-bond acceptors (Lipinski definition) is 3. The van der Waals surface area contributed by atoms with E-state index in [-0.39, 0.29) is 11.9 Å². The number of hydrogen-bond donors (Lipinski definition) is 1. The molecule has 0 radical (unpaired) electrons. The summed E-state index contributed by atoms with van der Waals surface area (Å²) in [6.45, 7) is 1.86. The molecule has 80 valence electrons. The molecule has 0 saturated carbocycles. The number of nitrogens with one attached hydrogen (secondary N) is 1. The lowest BCUT2D eigenvalue weighted by Crippen LogP contribution is -2.33. The van der Waals surface area contributed by atoms with Crippen LogP contribution in [0.15, 0.2) is 22.8 Å². The molecule has 0 aliphatic carbocycles. The first-order valence-corrected chi connectivity index (χ1v) is 4.97. The molecule has 1 N–H and O–H groups in total. The highest BCUT2D eigenvalue weighted by Crippen LogP contribution is 2.03. The van der Waals surface area contributed by atoms with Crippen LogP contribution in [0, 0.1) is 11.3 Å². The number of nitriles is 1. The van der Waals surface area contributed by atoms with Crippen LogP contribution in [0.4, 0.5) is 0 Å². The normalized spacial score (nSPS) is 11.7. The molecule has 0 saturated heterocycles. The van der Waals surface area contributed by atoms with Crippen molar-refractivity contribution in [2.45, 2.75) is 32.2 Å². The van der Waals surface area contributed by atoms with Crippen molar-refractivity contribution in [2.24, 2.45) is 0 Å². The number of aryl methyl sites for hydroxylation is 1. The predicted molar refractivity (Wildman–Crippen MR) is 54.9 cm³/mol. The standard InChI is InChI=1S/C11H14N2O2/c1-2-9(8-12)13-11(14)6-5-10-4-3-7-15-10/h3-4,7,9H,2,5-6H2,1H3,(H,13,14). The molecular formula is C11H14N2O2. The minimum absolute atomic E-state index is 0.111. The van der Waals surface area contributed by atoms with Crippen LogP contribution < -0.4 is 5.32 Å². The van der Waals surface area contributed by atoms with Crippen LogP contribution in [0.2, 0.25) is 0 Å². The summed E-state index contributed by atoms with van der Waals surface area (Å²) < 4.78 is 5.10. The SMILES string of the molecule is CCC(C#N)NC(=O)CCc1ccco1. The van der Waals surface area contributed by atoms with E-state index < -0.39 is 0 Å². The van der Waals surface area contributed by atoms with E-state index in [1.54, 1.807) is 12.3 Å². The highest BCUT2D eigenvalue weighted by molar-refractivity contribution is 5.76. The Labute approximate surface area is 88.9 Å². The van der Waals surface area contributed by atoms with E-state index >= 15 is 0 Å². The van der Waals surface area contributed by atoms with Crippen molar-refractivity contribution in [1.82, 2.24) is 5.32 Å². The first-order chi connectivity index (χ1) is 7.26. The number of carbonyl (C=O) groups is 1. The van der Waals surface area contributed by atoms with E-state index in [4.69, 9.17) is 9.68 Å². The Bertz CT molecular complexity index is 338. The largest absolute Gasteiger partial charge is 0.469 e. The highest BCUT2D eigenvalue weighted by Gasteiger charge is 2.09. The zero-order valence-corrected chi connectivity index (χ0v) is 8.69. The first kappa shape index (κ1) is 11.3. The maximum Gasteiger partial charge on any atom is 0.221 e. The Morgan fingerprint density at radius 2 is 2.53 bits per heavy atom. The Morgan fingerprint density at radius 3 is 3.07 bits per heavy atom. The van der Waals surface area contributed by atoms with Gasteiger partial charge in [-0.25, -0.2) is 0 Å². The summed E-state index contributed by atoms with van der Waals surface area (Å²) in [5.41, 5.74) is 0. The van der Waals surface area contributed by atoms with Crippen molar-refractivity contribution in [3.63, 3.8) is 0 Å². The third kappa shape index (κ3) is 3.86. The van der Waals surface area contributed by atoms with Crippen LogP contribution in [-0.4, -0.2) is 11.9 Å². The number of amides is 1. The third-order valence-electron chi connectivity index (χ3n) is 2.08. The summed E-state index contributed by atoms with van der Waals surface area (Å²) >= 11 is 0. The minimum atomic E-state index is -0.380. The van der Waals surface area contributed by atoms with Crippen LogP contribution in [0.25, 0.3) is 0 Å². The second-order valence-corrected chi connectivity index (χ2v) is 3.24. The topological polar surface area (TPSA) is 66.0 Å². The minimum Gasteiger partial charge on any atom is -0.469 e. The molecule has 1 atom stereocenters. The quantitative estimate of drug-likeness (QED) is 0.796. The van der Waals surface area contributed by atoms with Crippen LogP contribution >= 0.6 is 0 Å². The summed E-state index contributed by atoms with van der Waals surface area (Å²) in [5.74, 6) is 0.676. The maximum atomic E-state index is 11.4. The van der Waals surface area contributed by atoms with Crippen molar-refractivity contribution in [3.05, 3.63) is 24.2 Å². The van der Waals surface area contributed by atoms with Gasteiger partial charge in [0.2, 0.25) is 5.91 Å². The maximum absolute atomic E-state index is 11.4. The van der Waals surface area contributed by atoms with E-state index in [2.05, 4.69) is 5.32 Å². The van der Waals surface area contributed by atoms with Crippen LogP contribution in [0.1, 0.15) is 25.5 Å². The number of nitrogens with zero attached hydrogens (tertiary/aromatic N) is 1. The monoisotopic (exact) mass is 206 g/mol. The lowest BCUT2D eigenvalue weighted by molar-refractivity contribution is -0.121. The molecule has 1 heterocycles. The lowest BCUT2D eigenvalue weighted by Gasteiger charge is -2.07. The van der Waals surface area contributed by atoms with E-state index in [1.165, 1.54) is 0 Å². The van der Waals surface area contributed by atoms with Gasteiger partial charge in [-0.05, 0) is 18.6 Å². The number of carbonyl (C=O) groups excluding carboxylic acids is 1. The average Bonchev–Trinajstić information content (AvgIpc) is 2.75. The van der Waals surface area contributed by atoms with Gasteiger partial charge in [-0.3, -0.25) is 4.79 Å². The number of rotatable bonds is 5. The third-order valence-corrected chi connectivity index (χ3v) is 2.08. The number of furan rings is 1. The summed E-state index contributed by atoms with van der Waals surface area (Å²) in [5, 5.41) is 11.3. The Kier molecular flexibility index (Phi) is 4.42. The van der Waals surface area contributed by atoms with Gasteiger partial charge in [0.25, 0.3) is 0 Å². The Hall–Kier alpha value is -1.76. The van der Waals surface area contributed by atoms with Crippen molar-refractivity contribution in [1.29, 1.82) is 5.26 Å². The molecule has 1 aromatic heterocycles. The van der Waals surface area contributed by atoms with Crippen LogP contribution in [0.3, 0.4) is 0 Å². The molecule has 0 spiro atoms. The van der Waals surface area contributed by atoms with Gasteiger partial charge >= 0.3 is 0 Å². The summed E-state index contributed by atoms with van der Waals surface area (Å²) in [6.07, 6.45) is 3.13. The van der Waals surface area contributed by atoms with Gasteiger partial charge in [0.1, 0.15) is 11.8 Å². The second kappa shape index (κ2) is 5.86. The van der Waals surface area contributed by atoms with E-state index in [0.29, 0.717) is 19.3 Å². The fourth-order valence-electron chi connectivity index (χ4n) is 1.18. The molecule has 15 heavy (non-hydrogen) atoms. The fourth-order valence-corrected chi connectivity index (χ4v) is 1.18. The van der Waals surface area contributed by atoms with Crippen molar-refractivity contribution >= 4 is 5.91 Å². The van der Waals surface area contributed by atoms with Gasteiger partial charge < -0.3 is 9.73 Å². The van der Waals surface area contributed by atoms with Gasteiger partial charge in [0, 0.05) is 12.8 Å². The highest BCUT2D eigenvalue weighted by atomic mass is 16.3. The van der Waals surface area contributed by atoms with Crippen molar-refractivity contribution in [2.75, 3.05) is 0 Å². The molecule has 0 fully saturated rings. The summed E-state index contributed by atoms with van der Waals surface area (Å²) in [7, 11) is 0. The molecule has 4 heteroatoms. The molecule has 1 aromatic rings. The van der Waals surface area contributed by atoms with Crippen LogP contribution in [0.5, 0.6) is 0 Å². The molecule has 0 aliphatic rings. The van der Waals surface area contributed by atoms with E-state index in [9.17, 15) is 4.79 Å². The molecular weight excluding hydrogens is 192 g/mol. The molecule has 4 nitrogen and oxygen atoms in total. The van der Waals surface area contributed by atoms with Crippen molar-refractivity contribution in [3.8, 4) is 6.07 Å². The molecule has 1 rings (SSSR count). The zero-order chi connectivity index (χ0) is 11.1. The van der Waals surface area contributed by atoms with Gasteiger partial charge in [-0.15, -0.1) is 0 Å². The molecule has 1 amide bonds. The van der Waals surface area contributed by atoms with Crippen molar-refractivity contribution < 1.29 is 9.21 Å². The fraction of sp³-hybridized carbons (Fsp3) is 0.455. The van der Waals surface area contributed by atoms with Gasteiger partial charge in [-0.2, -0.15) is 5.26 Å². The molecule has 0 aliphatic heterocycles. The first-order valence-electron chi connectivity index (χ1n) is 4.97. The predicted octanol–water partition coefficient (Wildman–Crippen LogP) is 1.63. The zero-order valence-electron chi connectivity index (χ0n) is 8.69. The van der Waals surface area contributed by atoms with Gasteiger partial charge in [0.15, 0.2) is 0 Å². The second-order valence-electron chi connectivity index (χ2n) is 3.24. The Morgan fingerprint density at radius 1 is 1.73 bits per heavy atom. The van der Waals surface area contributed by atoms with Crippen LogP contribution in [-0.2, 0) is 11.2 Å². The van der Waals surface area contributed by atoms with Gasteiger partial charge in [0.05, 0.1) is 12.3 Å². The average molecular weight is 206 g/mol. The summed E-state index contributed by atoms with van der Waals surface area (Å²) in [6, 6.07) is 5.26. The molecule has 0 aromatic carbocycles. The molecule has 1 unspecified atom stereocenters. The Balaban J connectivity index is 2.28.